The van der Waals surface area contributed by atoms with E-state index in [4.69, 9.17) is 11.6 Å². The maximum Gasteiger partial charge on any atom is 0.319 e. The Morgan fingerprint density at radius 2 is 2.13 bits per heavy atom. The van der Waals surface area contributed by atoms with E-state index in [1.54, 1.807) is 0 Å². The Bertz CT molecular complexity index is 368. The van der Waals surface area contributed by atoms with E-state index < -0.39 is 5.82 Å². The van der Waals surface area contributed by atoms with E-state index in [0.717, 1.165) is 0 Å². The van der Waals surface area contributed by atoms with Crippen LogP contribution in [0.15, 0.2) is 18.2 Å². The molecule has 1 rings (SSSR count). The van der Waals surface area contributed by atoms with E-state index >= 15 is 0 Å². The van der Waals surface area contributed by atoms with Gasteiger partial charge in [-0.2, -0.15) is 0 Å². The number of carbonyl (C=O) groups excluding carboxylic acids is 1. The number of hydrogen-bond donors (Lipinski definition) is 2. The standard InChI is InChI=1S/C10H12ClFN2O/c1-6(2)13-10(15)14-7-3-4-9(12)8(11)5-7/h3-6H,1-2H3,(H2,13,14,15). The molecular formula is C10H12ClFN2O. The summed E-state index contributed by atoms with van der Waals surface area (Å²) >= 11 is 5.56. The maximum absolute atomic E-state index is 12.8. The van der Waals surface area contributed by atoms with E-state index in [1.807, 2.05) is 13.8 Å². The Labute approximate surface area is 92.6 Å². The Morgan fingerprint density at radius 1 is 1.47 bits per heavy atom. The number of carbonyl (C=O) groups is 1. The average molecular weight is 231 g/mol. The molecule has 5 heteroatoms. The van der Waals surface area contributed by atoms with Crippen LogP contribution in [-0.2, 0) is 0 Å². The largest absolute Gasteiger partial charge is 0.336 e. The lowest BCUT2D eigenvalue weighted by molar-refractivity contribution is 0.250. The Hall–Kier alpha value is -1.29. The van der Waals surface area contributed by atoms with Gasteiger partial charge in [0.25, 0.3) is 0 Å². The zero-order chi connectivity index (χ0) is 11.4. The molecular weight excluding hydrogens is 219 g/mol. The van der Waals surface area contributed by atoms with Crippen LogP contribution in [0, 0.1) is 5.82 Å². The first-order chi connectivity index (χ1) is 6.99. The molecule has 0 saturated carbocycles. The quantitative estimate of drug-likeness (QED) is 0.806. The molecule has 1 aromatic carbocycles. The number of hydrogen-bond acceptors (Lipinski definition) is 1. The van der Waals surface area contributed by atoms with Crippen LogP contribution in [0.1, 0.15) is 13.8 Å². The molecule has 0 spiro atoms. The van der Waals surface area contributed by atoms with Gasteiger partial charge in [0.1, 0.15) is 5.82 Å². The first kappa shape index (κ1) is 11.8. The van der Waals surface area contributed by atoms with Crippen molar-refractivity contribution in [3.05, 3.63) is 29.0 Å². The van der Waals surface area contributed by atoms with Crippen LogP contribution in [-0.4, -0.2) is 12.1 Å². The zero-order valence-corrected chi connectivity index (χ0v) is 9.23. The molecule has 0 saturated heterocycles. The van der Waals surface area contributed by atoms with Crippen molar-refractivity contribution in [2.75, 3.05) is 5.32 Å². The first-order valence-corrected chi connectivity index (χ1v) is 4.89. The third kappa shape index (κ3) is 3.75. The van der Waals surface area contributed by atoms with E-state index in [0.29, 0.717) is 5.69 Å². The van der Waals surface area contributed by atoms with E-state index in [2.05, 4.69) is 10.6 Å². The molecule has 0 aliphatic carbocycles. The molecule has 0 fully saturated rings. The molecule has 0 unspecified atom stereocenters. The molecule has 0 bridgehead atoms. The second kappa shape index (κ2) is 4.98. The fourth-order valence-corrected chi connectivity index (χ4v) is 1.18. The second-order valence-corrected chi connectivity index (χ2v) is 3.79. The number of urea groups is 1. The minimum Gasteiger partial charge on any atom is -0.336 e. The molecule has 3 nitrogen and oxygen atoms in total. The van der Waals surface area contributed by atoms with Crippen molar-refractivity contribution in [1.29, 1.82) is 0 Å². The minimum absolute atomic E-state index is 0.0163. The van der Waals surface area contributed by atoms with Crippen LogP contribution >= 0.6 is 11.6 Å². The molecule has 15 heavy (non-hydrogen) atoms. The summed E-state index contributed by atoms with van der Waals surface area (Å²) in [5.74, 6) is -0.508. The van der Waals surface area contributed by atoms with Crippen LogP contribution in [0.4, 0.5) is 14.9 Å². The summed E-state index contributed by atoms with van der Waals surface area (Å²) in [5, 5.41) is 5.16. The van der Waals surface area contributed by atoms with Crippen molar-refractivity contribution >= 4 is 23.3 Å². The molecule has 0 radical (unpaired) electrons. The average Bonchev–Trinajstić information content (AvgIpc) is 2.10. The van der Waals surface area contributed by atoms with Crippen molar-refractivity contribution in [3.8, 4) is 0 Å². The van der Waals surface area contributed by atoms with Crippen molar-refractivity contribution in [3.63, 3.8) is 0 Å². The lowest BCUT2D eigenvalue weighted by Crippen LogP contribution is -2.34. The number of halogens is 2. The second-order valence-electron chi connectivity index (χ2n) is 3.38. The third-order valence-electron chi connectivity index (χ3n) is 1.60. The lowest BCUT2D eigenvalue weighted by atomic mass is 10.3. The summed E-state index contributed by atoms with van der Waals surface area (Å²) in [4.78, 5) is 11.3. The Balaban J connectivity index is 2.65. The molecule has 82 valence electrons. The lowest BCUT2D eigenvalue weighted by Gasteiger charge is -2.10. The summed E-state index contributed by atoms with van der Waals surface area (Å²) in [7, 11) is 0. The molecule has 0 heterocycles. The van der Waals surface area contributed by atoms with Crippen LogP contribution < -0.4 is 10.6 Å². The fraction of sp³-hybridized carbons (Fsp3) is 0.300. The molecule has 0 aliphatic heterocycles. The van der Waals surface area contributed by atoms with Crippen LogP contribution in [0.25, 0.3) is 0 Å². The normalized spacial score (nSPS) is 10.2. The molecule has 0 atom stereocenters. The highest BCUT2D eigenvalue weighted by molar-refractivity contribution is 6.31. The highest BCUT2D eigenvalue weighted by atomic mass is 35.5. The van der Waals surface area contributed by atoms with Gasteiger partial charge in [-0.05, 0) is 32.0 Å². The highest BCUT2D eigenvalue weighted by Crippen LogP contribution is 2.19. The van der Waals surface area contributed by atoms with Gasteiger partial charge in [0.15, 0.2) is 0 Å². The van der Waals surface area contributed by atoms with Crippen molar-refractivity contribution in [2.45, 2.75) is 19.9 Å². The number of amides is 2. The number of anilines is 1. The van der Waals surface area contributed by atoms with Gasteiger partial charge in [0.05, 0.1) is 5.02 Å². The molecule has 0 aliphatic rings. The van der Waals surface area contributed by atoms with E-state index in [-0.39, 0.29) is 17.1 Å². The van der Waals surface area contributed by atoms with Gasteiger partial charge in [-0.25, -0.2) is 9.18 Å². The zero-order valence-electron chi connectivity index (χ0n) is 8.47. The predicted molar refractivity (Wildman–Crippen MR) is 58.7 cm³/mol. The first-order valence-electron chi connectivity index (χ1n) is 4.51. The summed E-state index contributed by atoms with van der Waals surface area (Å²) in [6, 6.07) is 3.71. The van der Waals surface area contributed by atoms with Gasteiger partial charge in [-0.15, -0.1) is 0 Å². The van der Waals surface area contributed by atoms with Crippen LogP contribution in [0.5, 0.6) is 0 Å². The van der Waals surface area contributed by atoms with Gasteiger partial charge in [-0.1, -0.05) is 11.6 Å². The molecule has 0 aromatic heterocycles. The van der Waals surface area contributed by atoms with Gasteiger partial charge in [0.2, 0.25) is 0 Å². The smallest absolute Gasteiger partial charge is 0.319 e. The Kier molecular flexibility index (Phi) is 3.91. The van der Waals surface area contributed by atoms with E-state index in [1.165, 1.54) is 18.2 Å². The Morgan fingerprint density at radius 3 is 2.67 bits per heavy atom. The summed E-state index contributed by atoms with van der Waals surface area (Å²) in [5.41, 5.74) is 0.458. The van der Waals surface area contributed by atoms with Gasteiger partial charge in [-0.3, -0.25) is 0 Å². The van der Waals surface area contributed by atoms with Gasteiger partial charge >= 0.3 is 6.03 Å². The van der Waals surface area contributed by atoms with Crippen molar-refractivity contribution in [2.24, 2.45) is 0 Å². The topological polar surface area (TPSA) is 41.1 Å². The predicted octanol–water partition coefficient (Wildman–Crippen LogP) is 3.01. The van der Waals surface area contributed by atoms with E-state index in [9.17, 15) is 9.18 Å². The van der Waals surface area contributed by atoms with Crippen molar-refractivity contribution < 1.29 is 9.18 Å². The number of nitrogens with one attached hydrogen (secondary N) is 2. The fourth-order valence-electron chi connectivity index (χ4n) is 1.00. The summed E-state index contributed by atoms with van der Waals surface area (Å²) in [6.45, 7) is 3.69. The van der Waals surface area contributed by atoms with Crippen LogP contribution in [0.3, 0.4) is 0 Å². The molecule has 2 amide bonds. The van der Waals surface area contributed by atoms with Gasteiger partial charge in [0, 0.05) is 11.7 Å². The highest BCUT2D eigenvalue weighted by Gasteiger charge is 2.05. The number of rotatable bonds is 2. The summed E-state index contributed by atoms with van der Waals surface area (Å²) < 4.78 is 12.8. The third-order valence-corrected chi connectivity index (χ3v) is 1.89. The maximum atomic E-state index is 12.8. The minimum atomic E-state index is -0.508. The number of benzene rings is 1. The SMILES string of the molecule is CC(C)NC(=O)Nc1ccc(F)c(Cl)c1. The van der Waals surface area contributed by atoms with Crippen molar-refractivity contribution in [1.82, 2.24) is 5.32 Å². The molecule has 1 aromatic rings. The monoisotopic (exact) mass is 230 g/mol. The molecule has 2 N–H and O–H groups in total. The van der Waals surface area contributed by atoms with Crippen LogP contribution in [0.2, 0.25) is 5.02 Å². The summed E-state index contributed by atoms with van der Waals surface area (Å²) in [6.07, 6.45) is 0. The van der Waals surface area contributed by atoms with Gasteiger partial charge < -0.3 is 10.6 Å².